The van der Waals surface area contributed by atoms with Gasteiger partial charge in [-0.25, -0.2) is 0 Å². The van der Waals surface area contributed by atoms with E-state index < -0.39 is 0 Å². The molecule has 0 aromatic heterocycles. The van der Waals surface area contributed by atoms with Crippen LogP contribution in [0.1, 0.15) is 25.3 Å². The number of hydrogen-bond acceptors (Lipinski definition) is 3. The highest BCUT2D eigenvalue weighted by molar-refractivity contribution is 6.31. The number of ether oxygens (including phenoxy) is 2. The molecule has 0 radical (unpaired) electrons. The first kappa shape index (κ1) is 15.8. The van der Waals surface area contributed by atoms with Crippen molar-refractivity contribution in [1.82, 2.24) is 5.32 Å². The number of nitrogens with one attached hydrogen (secondary N) is 1. The van der Waals surface area contributed by atoms with E-state index in [0.717, 1.165) is 44.1 Å². The molecule has 0 amide bonds. The van der Waals surface area contributed by atoms with Crippen molar-refractivity contribution >= 4 is 11.6 Å². The lowest BCUT2D eigenvalue weighted by atomic mass is 9.82. The highest BCUT2D eigenvalue weighted by Crippen LogP contribution is 2.31. The first-order valence-electron chi connectivity index (χ1n) is 7.34. The molecule has 4 heteroatoms. The molecular formula is C16H24ClNO2. The Morgan fingerprint density at radius 2 is 2.05 bits per heavy atom. The van der Waals surface area contributed by atoms with E-state index in [4.69, 9.17) is 21.1 Å². The summed E-state index contributed by atoms with van der Waals surface area (Å²) in [7, 11) is 2.00. The first-order chi connectivity index (χ1) is 9.72. The van der Waals surface area contributed by atoms with E-state index in [-0.39, 0.29) is 11.6 Å². The Morgan fingerprint density at radius 1 is 1.35 bits per heavy atom. The Morgan fingerprint density at radius 3 is 2.65 bits per heavy atom. The highest BCUT2D eigenvalue weighted by Gasteiger charge is 2.40. The molecule has 1 aromatic carbocycles. The zero-order valence-electron chi connectivity index (χ0n) is 12.3. The largest absolute Gasteiger partial charge is 0.381 e. The van der Waals surface area contributed by atoms with Crippen LogP contribution in [0.25, 0.3) is 0 Å². The third kappa shape index (κ3) is 3.53. The van der Waals surface area contributed by atoms with Crippen LogP contribution in [0.5, 0.6) is 0 Å². The van der Waals surface area contributed by atoms with Gasteiger partial charge in [-0.15, -0.1) is 0 Å². The van der Waals surface area contributed by atoms with Crippen molar-refractivity contribution in [1.29, 1.82) is 0 Å². The molecule has 0 aliphatic carbocycles. The van der Waals surface area contributed by atoms with E-state index in [1.54, 1.807) is 0 Å². The number of hydrogen-bond donors (Lipinski definition) is 1. The van der Waals surface area contributed by atoms with E-state index in [2.05, 4.69) is 18.3 Å². The molecule has 112 valence electrons. The lowest BCUT2D eigenvalue weighted by Gasteiger charge is -2.43. The molecule has 2 rings (SSSR count). The third-order valence-corrected chi connectivity index (χ3v) is 4.51. The van der Waals surface area contributed by atoms with Gasteiger partial charge in [-0.1, -0.05) is 29.8 Å². The van der Waals surface area contributed by atoms with Gasteiger partial charge in [0.2, 0.25) is 0 Å². The van der Waals surface area contributed by atoms with Gasteiger partial charge in [0.1, 0.15) is 0 Å². The predicted molar refractivity (Wildman–Crippen MR) is 82.4 cm³/mol. The molecule has 1 aliphatic heterocycles. The zero-order valence-corrected chi connectivity index (χ0v) is 13.1. The van der Waals surface area contributed by atoms with Gasteiger partial charge in [-0.05, 0) is 32.0 Å². The number of halogens is 1. The predicted octanol–water partition coefficient (Wildman–Crippen LogP) is 3.06. The second-order valence-corrected chi connectivity index (χ2v) is 5.65. The quantitative estimate of drug-likeness (QED) is 0.875. The summed E-state index contributed by atoms with van der Waals surface area (Å²) in [5, 5.41) is 4.26. The molecule has 0 spiro atoms. The molecular weight excluding hydrogens is 274 g/mol. The van der Waals surface area contributed by atoms with Crippen molar-refractivity contribution in [2.45, 2.75) is 37.8 Å². The van der Waals surface area contributed by atoms with Crippen LogP contribution in [-0.4, -0.2) is 38.5 Å². The van der Waals surface area contributed by atoms with Crippen LogP contribution in [-0.2, 0) is 15.9 Å². The Balaban J connectivity index is 2.18. The summed E-state index contributed by atoms with van der Waals surface area (Å²) in [6.07, 6.45) is 2.73. The maximum atomic E-state index is 6.29. The summed E-state index contributed by atoms with van der Waals surface area (Å²) in [6.45, 7) is 4.31. The monoisotopic (exact) mass is 297 g/mol. The van der Waals surface area contributed by atoms with Crippen molar-refractivity contribution in [2.75, 3.05) is 26.9 Å². The van der Waals surface area contributed by atoms with Crippen LogP contribution in [0.4, 0.5) is 0 Å². The maximum absolute atomic E-state index is 6.29. The zero-order chi connectivity index (χ0) is 14.4. The van der Waals surface area contributed by atoms with Crippen LogP contribution in [0.3, 0.4) is 0 Å². The minimum absolute atomic E-state index is 0.152. The fourth-order valence-corrected chi connectivity index (χ4v) is 3.25. The van der Waals surface area contributed by atoms with Gasteiger partial charge in [0.15, 0.2) is 0 Å². The minimum Gasteiger partial charge on any atom is -0.381 e. The maximum Gasteiger partial charge on any atom is 0.0881 e. The summed E-state index contributed by atoms with van der Waals surface area (Å²) >= 11 is 6.29. The van der Waals surface area contributed by atoms with Crippen molar-refractivity contribution in [2.24, 2.45) is 0 Å². The van der Waals surface area contributed by atoms with E-state index >= 15 is 0 Å². The highest BCUT2D eigenvalue weighted by atomic mass is 35.5. The SMILES string of the molecule is CCOC1(C(Cc2ccccc2Cl)NC)CCOCC1. The van der Waals surface area contributed by atoms with Gasteiger partial charge in [-0.3, -0.25) is 0 Å². The lowest BCUT2D eigenvalue weighted by Crippen LogP contribution is -2.55. The molecule has 3 nitrogen and oxygen atoms in total. The fraction of sp³-hybridized carbons (Fsp3) is 0.625. The summed E-state index contributed by atoms with van der Waals surface area (Å²) in [5.74, 6) is 0. The van der Waals surface area contributed by atoms with E-state index in [9.17, 15) is 0 Å². The Labute approximate surface area is 126 Å². The van der Waals surface area contributed by atoms with Gasteiger partial charge in [-0.2, -0.15) is 0 Å². The lowest BCUT2D eigenvalue weighted by molar-refractivity contribution is -0.125. The summed E-state index contributed by atoms with van der Waals surface area (Å²) in [6, 6.07) is 8.27. The Bertz CT molecular complexity index is 413. The summed E-state index contributed by atoms with van der Waals surface area (Å²) in [5.41, 5.74) is 1.01. The average Bonchev–Trinajstić information content (AvgIpc) is 2.47. The standard InChI is InChI=1S/C16H24ClNO2/c1-3-20-16(8-10-19-11-9-16)15(18-2)12-13-6-4-5-7-14(13)17/h4-7,15,18H,3,8-12H2,1-2H3. The van der Waals surface area contributed by atoms with Crippen LogP contribution in [0.2, 0.25) is 5.02 Å². The second kappa shape index (κ2) is 7.41. The Kier molecular flexibility index (Phi) is 5.85. The molecule has 1 N–H and O–H groups in total. The van der Waals surface area contributed by atoms with Gasteiger partial charge in [0.05, 0.1) is 5.60 Å². The second-order valence-electron chi connectivity index (χ2n) is 5.25. The molecule has 1 fully saturated rings. The third-order valence-electron chi connectivity index (χ3n) is 4.14. The average molecular weight is 298 g/mol. The van der Waals surface area contributed by atoms with Crippen LogP contribution >= 0.6 is 11.6 Å². The van der Waals surface area contributed by atoms with Crippen LogP contribution in [0, 0.1) is 0 Å². The van der Waals surface area contributed by atoms with Crippen molar-refractivity contribution in [3.8, 4) is 0 Å². The fourth-order valence-electron chi connectivity index (χ4n) is 3.03. The van der Waals surface area contributed by atoms with Crippen molar-refractivity contribution in [3.05, 3.63) is 34.9 Å². The molecule has 1 heterocycles. The number of benzene rings is 1. The summed E-state index contributed by atoms with van der Waals surface area (Å²) < 4.78 is 11.7. The molecule has 1 saturated heterocycles. The van der Waals surface area contributed by atoms with Crippen LogP contribution < -0.4 is 5.32 Å². The molecule has 1 atom stereocenters. The van der Waals surface area contributed by atoms with Gasteiger partial charge < -0.3 is 14.8 Å². The van der Waals surface area contributed by atoms with Gasteiger partial charge in [0.25, 0.3) is 0 Å². The van der Waals surface area contributed by atoms with Crippen LogP contribution in [0.15, 0.2) is 24.3 Å². The smallest absolute Gasteiger partial charge is 0.0881 e. The normalized spacial score (nSPS) is 19.8. The van der Waals surface area contributed by atoms with Gasteiger partial charge in [0, 0.05) is 43.7 Å². The molecule has 1 unspecified atom stereocenters. The molecule has 1 aromatic rings. The van der Waals surface area contributed by atoms with Gasteiger partial charge >= 0.3 is 0 Å². The number of likely N-dealkylation sites (N-methyl/N-ethyl adjacent to an activating group) is 1. The molecule has 0 bridgehead atoms. The molecule has 20 heavy (non-hydrogen) atoms. The van der Waals surface area contributed by atoms with Crippen molar-refractivity contribution < 1.29 is 9.47 Å². The van der Waals surface area contributed by atoms with Crippen molar-refractivity contribution in [3.63, 3.8) is 0 Å². The molecule has 0 saturated carbocycles. The number of rotatable bonds is 6. The topological polar surface area (TPSA) is 30.5 Å². The summed E-state index contributed by atoms with van der Waals surface area (Å²) in [4.78, 5) is 0. The van der Waals surface area contributed by atoms with E-state index in [0.29, 0.717) is 0 Å². The first-order valence-corrected chi connectivity index (χ1v) is 7.72. The van der Waals surface area contributed by atoms with E-state index in [1.165, 1.54) is 5.56 Å². The molecule has 1 aliphatic rings. The van der Waals surface area contributed by atoms with E-state index in [1.807, 2.05) is 25.2 Å². The minimum atomic E-state index is -0.152. The Hall–Kier alpha value is -0.610.